The van der Waals surface area contributed by atoms with Gasteiger partial charge < -0.3 is 14.5 Å². The molecule has 0 fully saturated rings. The minimum Gasteiger partial charge on any atom is -0.497 e. The van der Waals surface area contributed by atoms with Crippen LogP contribution in [-0.4, -0.2) is 13.7 Å². The molecule has 1 unspecified atom stereocenters. The van der Waals surface area contributed by atoms with Crippen molar-refractivity contribution >= 4 is 0 Å². The second-order valence-electron chi connectivity index (χ2n) is 5.15. The van der Waals surface area contributed by atoms with Gasteiger partial charge in [-0.2, -0.15) is 0 Å². The number of ether oxygens (including phenoxy) is 1. The minimum atomic E-state index is 0.275. The quantitative estimate of drug-likeness (QED) is 0.792. The largest absolute Gasteiger partial charge is 0.497 e. The molecule has 0 radical (unpaired) electrons. The van der Waals surface area contributed by atoms with E-state index >= 15 is 0 Å². The molecule has 3 heteroatoms. The highest BCUT2D eigenvalue weighted by molar-refractivity contribution is 5.27. The average Bonchev–Trinajstić information content (AvgIpc) is 3.01. The van der Waals surface area contributed by atoms with E-state index in [1.807, 2.05) is 12.1 Å². The summed E-state index contributed by atoms with van der Waals surface area (Å²) < 4.78 is 11.1. The predicted molar refractivity (Wildman–Crippen MR) is 85.8 cm³/mol. The molecule has 0 saturated carbocycles. The molecule has 0 bridgehead atoms. The lowest BCUT2D eigenvalue weighted by atomic mass is 10.0. The van der Waals surface area contributed by atoms with Crippen molar-refractivity contribution in [3.05, 3.63) is 53.5 Å². The predicted octanol–water partition coefficient (Wildman–Crippen LogP) is 4.13. The summed E-state index contributed by atoms with van der Waals surface area (Å²) in [7, 11) is 1.69. The molecule has 0 saturated heterocycles. The Morgan fingerprint density at radius 2 is 1.86 bits per heavy atom. The summed E-state index contributed by atoms with van der Waals surface area (Å²) in [5, 5.41) is 3.51. The molecule has 3 nitrogen and oxygen atoms in total. The van der Waals surface area contributed by atoms with Crippen molar-refractivity contribution < 1.29 is 9.15 Å². The summed E-state index contributed by atoms with van der Waals surface area (Å²) >= 11 is 0. The smallest absolute Gasteiger partial charge is 0.121 e. The number of benzene rings is 1. The van der Waals surface area contributed by atoms with Crippen molar-refractivity contribution in [2.75, 3.05) is 13.7 Å². The maximum absolute atomic E-state index is 5.89. The van der Waals surface area contributed by atoms with Gasteiger partial charge in [0.05, 0.1) is 13.2 Å². The number of rotatable bonds is 8. The van der Waals surface area contributed by atoms with Gasteiger partial charge in [-0.25, -0.2) is 0 Å². The molecular formula is C18H25NO2. The molecule has 0 spiro atoms. The van der Waals surface area contributed by atoms with Crippen LogP contribution in [0.25, 0.3) is 0 Å². The number of furan rings is 1. The third-order valence-electron chi connectivity index (χ3n) is 3.71. The van der Waals surface area contributed by atoms with Gasteiger partial charge in [-0.3, -0.25) is 0 Å². The van der Waals surface area contributed by atoms with Gasteiger partial charge in [0.25, 0.3) is 0 Å². The SMILES string of the molecule is CCNC(CCc1ccc(OC)cc1)c1ccc(CC)o1. The first-order valence-corrected chi connectivity index (χ1v) is 7.71. The van der Waals surface area contributed by atoms with Crippen molar-refractivity contribution in [1.82, 2.24) is 5.32 Å². The van der Waals surface area contributed by atoms with Crippen LogP contribution in [0.15, 0.2) is 40.8 Å². The Balaban J connectivity index is 1.98. The first-order chi connectivity index (χ1) is 10.3. The fourth-order valence-corrected chi connectivity index (χ4v) is 2.47. The summed E-state index contributed by atoms with van der Waals surface area (Å²) in [6.45, 7) is 5.18. The summed E-state index contributed by atoms with van der Waals surface area (Å²) in [4.78, 5) is 0. The number of hydrogen-bond acceptors (Lipinski definition) is 3. The normalized spacial score (nSPS) is 12.3. The van der Waals surface area contributed by atoms with Crippen molar-refractivity contribution in [3.63, 3.8) is 0 Å². The summed E-state index contributed by atoms with van der Waals surface area (Å²) in [6.07, 6.45) is 2.98. The van der Waals surface area contributed by atoms with Crippen molar-refractivity contribution in [1.29, 1.82) is 0 Å². The minimum absolute atomic E-state index is 0.275. The maximum Gasteiger partial charge on any atom is 0.121 e. The molecule has 1 aromatic carbocycles. The van der Waals surface area contributed by atoms with Crippen LogP contribution in [0.5, 0.6) is 5.75 Å². The third-order valence-corrected chi connectivity index (χ3v) is 3.71. The summed E-state index contributed by atoms with van der Waals surface area (Å²) in [5.41, 5.74) is 1.32. The number of hydrogen-bond donors (Lipinski definition) is 1. The van der Waals surface area contributed by atoms with Crippen molar-refractivity contribution in [2.45, 2.75) is 39.2 Å². The second kappa shape index (κ2) is 7.89. The zero-order valence-electron chi connectivity index (χ0n) is 13.2. The first kappa shape index (κ1) is 15.6. The van der Waals surface area contributed by atoms with E-state index in [4.69, 9.17) is 9.15 Å². The number of nitrogens with one attached hydrogen (secondary N) is 1. The van der Waals surface area contributed by atoms with Crippen LogP contribution in [0.2, 0.25) is 0 Å². The zero-order chi connectivity index (χ0) is 15.1. The Kier molecular flexibility index (Phi) is 5.88. The summed E-state index contributed by atoms with van der Waals surface area (Å²) in [5.74, 6) is 3.00. The number of methoxy groups -OCH3 is 1. The van der Waals surface area contributed by atoms with E-state index in [1.165, 1.54) is 5.56 Å². The molecule has 2 rings (SSSR count). The molecule has 0 aliphatic rings. The molecular weight excluding hydrogens is 262 g/mol. The first-order valence-electron chi connectivity index (χ1n) is 7.71. The molecule has 0 aliphatic carbocycles. The van der Waals surface area contributed by atoms with Crippen LogP contribution in [0, 0.1) is 0 Å². The van der Waals surface area contributed by atoms with Gasteiger partial charge in [0.2, 0.25) is 0 Å². The van der Waals surface area contributed by atoms with Gasteiger partial charge in [-0.15, -0.1) is 0 Å². The van der Waals surface area contributed by atoms with Gasteiger partial charge in [-0.1, -0.05) is 26.0 Å². The topological polar surface area (TPSA) is 34.4 Å². The third kappa shape index (κ3) is 4.36. The van der Waals surface area contributed by atoms with Gasteiger partial charge in [0.1, 0.15) is 17.3 Å². The van der Waals surface area contributed by atoms with Crippen LogP contribution < -0.4 is 10.1 Å². The highest BCUT2D eigenvalue weighted by Crippen LogP contribution is 2.22. The maximum atomic E-state index is 5.89. The Labute approximate surface area is 127 Å². The van der Waals surface area contributed by atoms with Crippen molar-refractivity contribution in [3.8, 4) is 5.75 Å². The lowest BCUT2D eigenvalue weighted by Gasteiger charge is -2.15. The molecule has 2 aromatic rings. The fraction of sp³-hybridized carbons (Fsp3) is 0.444. The van der Waals surface area contributed by atoms with Gasteiger partial charge >= 0.3 is 0 Å². The van der Waals surface area contributed by atoms with E-state index in [1.54, 1.807) is 7.11 Å². The van der Waals surface area contributed by atoms with E-state index in [9.17, 15) is 0 Å². The molecule has 1 atom stereocenters. The number of aryl methyl sites for hydroxylation is 2. The average molecular weight is 287 g/mol. The fourth-order valence-electron chi connectivity index (χ4n) is 2.47. The van der Waals surface area contributed by atoms with E-state index in [2.05, 4.69) is 43.4 Å². The van der Waals surface area contributed by atoms with E-state index < -0.39 is 0 Å². The Morgan fingerprint density at radius 1 is 1.10 bits per heavy atom. The van der Waals surface area contributed by atoms with E-state index in [-0.39, 0.29) is 6.04 Å². The van der Waals surface area contributed by atoms with Gasteiger partial charge in [0, 0.05) is 6.42 Å². The van der Waals surface area contributed by atoms with Crippen LogP contribution in [0.1, 0.15) is 43.4 Å². The highest BCUT2D eigenvalue weighted by atomic mass is 16.5. The Hall–Kier alpha value is -1.74. The lowest BCUT2D eigenvalue weighted by molar-refractivity contribution is 0.384. The molecule has 1 heterocycles. The van der Waals surface area contributed by atoms with Crippen LogP contribution in [0.4, 0.5) is 0 Å². The lowest BCUT2D eigenvalue weighted by Crippen LogP contribution is -2.21. The van der Waals surface area contributed by atoms with E-state index in [0.717, 1.165) is 43.1 Å². The van der Waals surface area contributed by atoms with Crippen LogP contribution in [0.3, 0.4) is 0 Å². The van der Waals surface area contributed by atoms with Gasteiger partial charge in [0.15, 0.2) is 0 Å². The Morgan fingerprint density at radius 3 is 2.43 bits per heavy atom. The molecule has 0 amide bonds. The van der Waals surface area contributed by atoms with Crippen molar-refractivity contribution in [2.24, 2.45) is 0 Å². The molecule has 1 aromatic heterocycles. The van der Waals surface area contributed by atoms with Crippen LogP contribution in [-0.2, 0) is 12.8 Å². The molecule has 114 valence electrons. The monoisotopic (exact) mass is 287 g/mol. The Bertz CT molecular complexity index is 530. The summed E-state index contributed by atoms with van der Waals surface area (Å²) in [6, 6.07) is 12.7. The van der Waals surface area contributed by atoms with E-state index in [0.29, 0.717) is 0 Å². The van der Waals surface area contributed by atoms with Gasteiger partial charge in [-0.05, 0) is 49.2 Å². The molecule has 21 heavy (non-hydrogen) atoms. The molecule has 1 N–H and O–H groups in total. The standard InChI is InChI=1S/C18H25NO2/c1-4-15-11-13-18(21-15)17(19-5-2)12-8-14-6-9-16(20-3)10-7-14/h6-7,9-11,13,17,19H,4-5,8,12H2,1-3H3. The van der Waals surface area contributed by atoms with Crippen LogP contribution >= 0.6 is 0 Å². The second-order valence-corrected chi connectivity index (χ2v) is 5.15. The molecule has 0 aliphatic heterocycles. The zero-order valence-corrected chi connectivity index (χ0v) is 13.2. The highest BCUT2D eigenvalue weighted by Gasteiger charge is 2.14.